The van der Waals surface area contributed by atoms with Gasteiger partial charge in [-0.15, -0.1) is 0 Å². The van der Waals surface area contributed by atoms with Crippen LogP contribution in [0.4, 0.5) is 10.5 Å². The van der Waals surface area contributed by atoms with E-state index in [0.29, 0.717) is 31.7 Å². The first-order valence-electron chi connectivity index (χ1n) is 11.1. The summed E-state index contributed by atoms with van der Waals surface area (Å²) in [5.41, 5.74) is 3.86. The molecule has 7 nitrogen and oxygen atoms in total. The molecule has 0 aliphatic carbocycles. The fourth-order valence-electron chi connectivity index (χ4n) is 4.21. The Morgan fingerprint density at radius 3 is 2.70 bits per heavy atom. The van der Waals surface area contributed by atoms with Crippen LogP contribution in [-0.4, -0.2) is 47.5 Å². The van der Waals surface area contributed by atoms with Crippen LogP contribution in [0.2, 0.25) is 0 Å². The van der Waals surface area contributed by atoms with Gasteiger partial charge in [0.2, 0.25) is 5.91 Å². The molecule has 5 rings (SSSR count). The number of carbonyl (C=O) groups excluding carboxylic acids is 2. The van der Waals surface area contributed by atoms with Crippen LogP contribution in [0.5, 0.6) is 5.75 Å². The third-order valence-electron chi connectivity index (χ3n) is 5.99. The number of benzene rings is 2. The molecule has 3 amide bonds. The zero-order valence-corrected chi connectivity index (χ0v) is 18.2. The predicted octanol–water partition coefficient (Wildman–Crippen LogP) is 3.64. The first kappa shape index (κ1) is 20.9. The highest BCUT2D eigenvalue weighted by Crippen LogP contribution is 2.25. The Labute approximate surface area is 193 Å². The van der Waals surface area contributed by atoms with Gasteiger partial charge in [0.1, 0.15) is 11.9 Å². The zero-order valence-electron chi connectivity index (χ0n) is 18.2. The Bertz CT molecular complexity index is 1120. The summed E-state index contributed by atoms with van der Waals surface area (Å²) < 4.78 is 6.08. The minimum absolute atomic E-state index is 0.0281. The van der Waals surface area contributed by atoms with E-state index in [1.807, 2.05) is 84.2 Å². The highest BCUT2D eigenvalue weighted by molar-refractivity contribution is 5.91. The van der Waals surface area contributed by atoms with Crippen LogP contribution in [0.15, 0.2) is 90.4 Å². The highest BCUT2D eigenvalue weighted by atomic mass is 16.5. The van der Waals surface area contributed by atoms with Gasteiger partial charge in [-0.3, -0.25) is 9.69 Å². The minimum atomic E-state index is -0.178. The van der Waals surface area contributed by atoms with Gasteiger partial charge < -0.3 is 20.3 Å². The standard InChI is InChI=1S/C26H26N4O3/c31-25(14-19-4-2-1-3-5-19)29-13-11-24(18-29)33-23-8-6-22(7-9-23)28-26(32)30-16-20-10-12-27-15-21(20)17-30/h1-10,12,15-16,24,27H,11,13-14,17-18H2,(H,28,32). The molecular formula is C26H26N4O3. The molecule has 3 aliphatic rings. The van der Waals surface area contributed by atoms with Crippen LogP contribution >= 0.6 is 0 Å². The number of hydrogen-bond donors (Lipinski definition) is 2. The van der Waals surface area contributed by atoms with Crippen LogP contribution in [0.1, 0.15) is 12.0 Å². The van der Waals surface area contributed by atoms with Gasteiger partial charge in [0.15, 0.2) is 0 Å². The van der Waals surface area contributed by atoms with Crippen LogP contribution in [0.3, 0.4) is 0 Å². The molecule has 0 radical (unpaired) electrons. The summed E-state index contributed by atoms with van der Waals surface area (Å²) in [6, 6.07) is 17.0. The molecule has 2 aromatic carbocycles. The maximum Gasteiger partial charge on any atom is 0.326 e. The van der Waals surface area contributed by atoms with Crippen molar-refractivity contribution in [2.24, 2.45) is 0 Å². The molecule has 1 fully saturated rings. The Hall–Kier alpha value is -4.00. The lowest BCUT2D eigenvalue weighted by Crippen LogP contribution is -2.32. The Morgan fingerprint density at radius 2 is 1.91 bits per heavy atom. The van der Waals surface area contributed by atoms with Crippen molar-refractivity contribution in [2.75, 3.05) is 25.0 Å². The van der Waals surface area contributed by atoms with Crippen LogP contribution < -0.4 is 15.4 Å². The van der Waals surface area contributed by atoms with Crippen molar-refractivity contribution in [3.8, 4) is 5.75 Å². The molecule has 1 saturated heterocycles. The Morgan fingerprint density at radius 1 is 1.09 bits per heavy atom. The van der Waals surface area contributed by atoms with E-state index >= 15 is 0 Å². The van der Waals surface area contributed by atoms with Crippen molar-refractivity contribution in [2.45, 2.75) is 18.9 Å². The smallest absolute Gasteiger partial charge is 0.326 e. The van der Waals surface area contributed by atoms with Crippen molar-refractivity contribution in [3.05, 3.63) is 96.0 Å². The molecule has 0 saturated carbocycles. The fourth-order valence-corrected chi connectivity index (χ4v) is 4.21. The van der Waals surface area contributed by atoms with E-state index < -0.39 is 0 Å². The molecule has 2 N–H and O–H groups in total. The normalized spacial score (nSPS) is 18.8. The van der Waals surface area contributed by atoms with E-state index in [-0.39, 0.29) is 18.0 Å². The van der Waals surface area contributed by atoms with E-state index in [9.17, 15) is 9.59 Å². The van der Waals surface area contributed by atoms with Crippen molar-refractivity contribution < 1.29 is 14.3 Å². The van der Waals surface area contributed by atoms with Gasteiger partial charge in [-0.1, -0.05) is 30.3 Å². The Kier molecular flexibility index (Phi) is 5.85. The second-order valence-corrected chi connectivity index (χ2v) is 8.37. The lowest BCUT2D eigenvalue weighted by molar-refractivity contribution is -0.129. The molecule has 168 valence electrons. The summed E-state index contributed by atoms with van der Waals surface area (Å²) in [4.78, 5) is 28.7. The first-order chi connectivity index (χ1) is 16.1. The van der Waals surface area contributed by atoms with Gasteiger partial charge in [-0.05, 0) is 47.1 Å². The topological polar surface area (TPSA) is 73.9 Å². The number of carbonyl (C=O) groups is 2. The van der Waals surface area contributed by atoms with Gasteiger partial charge in [-0.2, -0.15) is 0 Å². The molecule has 33 heavy (non-hydrogen) atoms. The molecule has 0 spiro atoms. The molecule has 1 unspecified atom stereocenters. The summed E-state index contributed by atoms with van der Waals surface area (Å²) in [5, 5.41) is 5.97. The number of amides is 3. The lowest BCUT2D eigenvalue weighted by Gasteiger charge is -2.18. The van der Waals surface area contributed by atoms with Crippen molar-refractivity contribution in [1.82, 2.24) is 15.1 Å². The second kappa shape index (κ2) is 9.24. The summed E-state index contributed by atoms with van der Waals surface area (Å²) in [6.45, 7) is 1.84. The first-order valence-corrected chi connectivity index (χ1v) is 11.1. The number of hydrogen-bond acceptors (Lipinski definition) is 4. The summed E-state index contributed by atoms with van der Waals surface area (Å²) in [5.74, 6) is 0.857. The average Bonchev–Trinajstić information content (AvgIpc) is 3.48. The van der Waals surface area contributed by atoms with Crippen molar-refractivity contribution in [1.29, 1.82) is 0 Å². The number of rotatable bonds is 5. The van der Waals surface area contributed by atoms with E-state index in [1.54, 1.807) is 4.90 Å². The average molecular weight is 443 g/mol. The van der Waals surface area contributed by atoms with Gasteiger partial charge in [0.05, 0.1) is 19.5 Å². The SMILES string of the molecule is O=C(Nc1ccc(OC2CCN(C(=O)Cc3ccccc3)C2)cc1)N1C=C2C=CNC=C2C1. The van der Waals surface area contributed by atoms with Crippen molar-refractivity contribution >= 4 is 17.6 Å². The monoisotopic (exact) mass is 442 g/mol. The summed E-state index contributed by atoms with van der Waals surface area (Å²) in [6.07, 6.45) is 8.75. The van der Waals surface area contributed by atoms with Gasteiger partial charge in [0.25, 0.3) is 0 Å². The van der Waals surface area contributed by atoms with E-state index in [2.05, 4.69) is 10.6 Å². The number of urea groups is 1. The molecule has 7 heteroatoms. The lowest BCUT2D eigenvalue weighted by atomic mass is 10.1. The molecule has 2 aromatic rings. The largest absolute Gasteiger partial charge is 0.489 e. The van der Waals surface area contributed by atoms with E-state index in [0.717, 1.165) is 28.9 Å². The van der Waals surface area contributed by atoms with E-state index in [1.165, 1.54) is 0 Å². The number of nitrogens with one attached hydrogen (secondary N) is 2. The van der Waals surface area contributed by atoms with Crippen LogP contribution in [0, 0.1) is 0 Å². The quantitative estimate of drug-likeness (QED) is 0.742. The Balaban J connectivity index is 1.11. The number of allylic oxidation sites excluding steroid dienone is 1. The van der Waals surface area contributed by atoms with Gasteiger partial charge in [0, 0.05) is 37.3 Å². The van der Waals surface area contributed by atoms with Crippen molar-refractivity contribution in [3.63, 3.8) is 0 Å². The maximum absolute atomic E-state index is 12.6. The number of dihydropyridines is 1. The molecule has 3 aliphatic heterocycles. The number of likely N-dealkylation sites (tertiary alicyclic amines) is 1. The van der Waals surface area contributed by atoms with Crippen LogP contribution in [0.25, 0.3) is 0 Å². The number of fused-ring (bicyclic) bond motifs is 1. The summed E-state index contributed by atoms with van der Waals surface area (Å²) in [7, 11) is 0. The number of nitrogens with zero attached hydrogens (tertiary/aromatic N) is 2. The molecule has 3 heterocycles. The second-order valence-electron chi connectivity index (χ2n) is 8.37. The highest BCUT2D eigenvalue weighted by Gasteiger charge is 2.27. The molecule has 0 aromatic heterocycles. The third-order valence-corrected chi connectivity index (χ3v) is 5.99. The maximum atomic E-state index is 12.6. The number of anilines is 1. The van der Waals surface area contributed by atoms with E-state index in [4.69, 9.17) is 4.74 Å². The van der Waals surface area contributed by atoms with Gasteiger partial charge >= 0.3 is 6.03 Å². The minimum Gasteiger partial charge on any atom is -0.489 e. The zero-order chi connectivity index (χ0) is 22.6. The molecule has 0 bridgehead atoms. The van der Waals surface area contributed by atoms with Crippen LogP contribution in [-0.2, 0) is 11.2 Å². The predicted molar refractivity (Wildman–Crippen MR) is 126 cm³/mol. The molecule has 1 atom stereocenters. The number of ether oxygens (including phenoxy) is 1. The third kappa shape index (κ3) is 4.92. The molecular weight excluding hydrogens is 416 g/mol. The van der Waals surface area contributed by atoms with Gasteiger partial charge in [-0.25, -0.2) is 4.79 Å². The summed E-state index contributed by atoms with van der Waals surface area (Å²) >= 11 is 0. The fraction of sp³-hybridized carbons (Fsp3) is 0.231.